The summed E-state index contributed by atoms with van der Waals surface area (Å²) in [6.45, 7) is 5.86. The second kappa shape index (κ2) is 4.14. The number of ketones is 1. The fraction of sp³-hybridized carbons (Fsp3) is 0.900. The molecule has 5 aliphatic rings. The van der Waals surface area contributed by atoms with Crippen molar-refractivity contribution in [3.05, 3.63) is 0 Å². The first-order valence-electron chi connectivity index (χ1n) is 9.75. The average Bonchev–Trinajstić information content (AvgIpc) is 2.79. The van der Waals surface area contributed by atoms with Crippen LogP contribution >= 0.6 is 0 Å². The third kappa shape index (κ3) is 1.38. The van der Waals surface area contributed by atoms with Crippen LogP contribution in [0.3, 0.4) is 0 Å². The Morgan fingerprint density at radius 3 is 2.56 bits per heavy atom. The molecule has 0 aromatic rings. The molecule has 0 unspecified atom stereocenters. The Labute approximate surface area is 148 Å². The van der Waals surface area contributed by atoms with Crippen molar-refractivity contribution in [3.63, 3.8) is 0 Å². The van der Waals surface area contributed by atoms with Gasteiger partial charge in [0, 0.05) is 22.7 Å². The monoisotopic (exact) mass is 348 g/mol. The lowest BCUT2D eigenvalue weighted by molar-refractivity contribution is -0.254. The molecule has 1 aliphatic heterocycles. The number of carbonyl (C=O) groups is 2. The van der Waals surface area contributed by atoms with Crippen LogP contribution in [0.15, 0.2) is 0 Å². The molecule has 5 heteroatoms. The van der Waals surface area contributed by atoms with Crippen LogP contribution in [-0.2, 0) is 14.3 Å². The van der Waals surface area contributed by atoms with Gasteiger partial charge >= 0.3 is 5.97 Å². The van der Waals surface area contributed by atoms with Gasteiger partial charge in [0.1, 0.15) is 11.4 Å². The molecule has 1 saturated heterocycles. The Kier molecular flexibility index (Phi) is 2.69. The Bertz CT molecular complexity index is 704. The van der Waals surface area contributed by atoms with Crippen molar-refractivity contribution < 1.29 is 24.5 Å². The molecule has 0 radical (unpaired) electrons. The Morgan fingerprint density at radius 2 is 1.84 bits per heavy atom. The number of Topliss-reactive ketones (excluding diaryl/α,β-unsaturated/α-hetero) is 1. The van der Waals surface area contributed by atoms with Crippen LogP contribution < -0.4 is 0 Å². The molecule has 4 bridgehead atoms. The van der Waals surface area contributed by atoms with Gasteiger partial charge in [0.2, 0.25) is 0 Å². The third-order valence-corrected chi connectivity index (χ3v) is 9.44. The van der Waals surface area contributed by atoms with Gasteiger partial charge in [-0.15, -0.1) is 0 Å². The van der Waals surface area contributed by atoms with E-state index in [-0.39, 0.29) is 17.7 Å². The first kappa shape index (κ1) is 16.2. The molecule has 1 spiro atoms. The first-order valence-corrected chi connectivity index (χ1v) is 9.75. The van der Waals surface area contributed by atoms with Crippen molar-refractivity contribution >= 4 is 11.8 Å². The van der Waals surface area contributed by atoms with Crippen molar-refractivity contribution in [1.29, 1.82) is 0 Å². The van der Waals surface area contributed by atoms with Gasteiger partial charge in [0.15, 0.2) is 0 Å². The molecular formula is C20H28O5. The second-order valence-electron chi connectivity index (χ2n) is 10.1. The quantitative estimate of drug-likeness (QED) is 0.654. The smallest absolute Gasteiger partial charge is 0.312 e. The number of aliphatic hydroxyl groups is 2. The number of ether oxygens (including phenoxy) is 1. The molecule has 1 heterocycles. The predicted octanol–water partition coefficient (Wildman–Crippen LogP) is 1.98. The van der Waals surface area contributed by atoms with Gasteiger partial charge in [-0.25, -0.2) is 0 Å². The molecule has 5 rings (SSSR count). The van der Waals surface area contributed by atoms with Crippen LogP contribution in [0, 0.1) is 28.1 Å². The minimum Gasteiger partial charge on any atom is -0.458 e. The van der Waals surface area contributed by atoms with E-state index in [1.165, 1.54) is 0 Å². The van der Waals surface area contributed by atoms with Crippen LogP contribution in [0.5, 0.6) is 0 Å². The van der Waals surface area contributed by atoms with Gasteiger partial charge in [-0.1, -0.05) is 13.8 Å². The maximum Gasteiger partial charge on any atom is 0.312 e. The number of rotatable bonds is 0. The van der Waals surface area contributed by atoms with E-state index in [4.69, 9.17) is 4.74 Å². The van der Waals surface area contributed by atoms with E-state index in [2.05, 4.69) is 6.92 Å². The van der Waals surface area contributed by atoms with Crippen LogP contribution in [0.2, 0.25) is 0 Å². The zero-order valence-corrected chi connectivity index (χ0v) is 15.3. The lowest BCUT2D eigenvalue weighted by atomic mass is 9.38. The van der Waals surface area contributed by atoms with Gasteiger partial charge in [0.05, 0.1) is 17.1 Å². The highest BCUT2D eigenvalue weighted by Gasteiger charge is 2.83. The van der Waals surface area contributed by atoms with Crippen molar-refractivity contribution in [2.75, 3.05) is 0 Å². The van der Waals surface area contributed by atoms with Crippen molar-refractivity contribution in [2.24, 2.45) is 28.1 Å². The molecule has 0 aromatic carbocycles. The van der Waals surface area contributed by atoms with Crippen molar-refractivity contribution in [3.8, 4) is 0 Å². The molecule has 0 amide bonds. The molecule has 25 heavy (non-hydrogen) atoms. The summed E-state index contributed by atoms with van der Waals surface area (Å²) in [4.78, 5) is 26.2. The maximum atomic E-state index is 13.4. The number of esters is 1. The molecule has 4 saturated carbocycles. The van der Waals surface area contributed by atoms with E-state index >= 15 is 0 Å². The number of aliphatic hydroxyl groups excluding tert-OH is 1. The lowest BCUT2D eigenvalue weighted by Crippen LogP contribution is -2.70. The molecule has 0 aromatic heterocycles. The fourth-order valence-corrected chi connectivity index (χ4v) is 8.02. The number of hydrogen-bond acceptors (Lipinski definition) is 5. The van der Waals surface area contributed by atoms with E-state index in [1.54, 1.807) is 0 Å². The van der Waals surface area contributed by atoms with Crippen molar-refractivity contribution in [1.82, 2.24) is 0 Å². The predicted molar refractivity (Wildman–Crippen MR) is 88.4 cm³/mol. The third-order valence-electron chi connectivity index (χ3n) is 9.44. The standard InChI is InChI=1S/C20H28O5/c1-11-14(22)18-9-12(21)13-16(2)5-4-6-20(13,25-15(16)23)17(18,3)7-8-19(11,24)10-18/h11-13,21,24H,4-10H2,1-3H3/t11-,12+,13+,16+,17-,18-,19-,20-/m0/s1. The Balaban J connectivity index is 1.75. The summed E-state index contributed by atoms with van der Waals surface area (Å²) in [6, 6.07) is 0. The normalized spacial score (nSPS) is 62.4. The summed E-state index contributed by atoms with van der Waals surface area (Å²) in [5, 5.41) is 22.2. The Morgan fingerprint density at radius 1 is 1.12 bits per heavy atom. The summed E-state index contributed by atoms with van der Waals surface area (Å²) in [6.07, 6.45) is 3.60. The number of fused-ring (bicyclic) bond motifs is 1. The SMILES string of the molecule is C[C@H]1C(=O)[C@@]23C[C@@H](O)[C@@H]4[C@@]5(C)CCC[C@@]4(OC5=O)[C@@]2(C)CC[C@]1(O)C3. The molecule has 5 nitrogen and oxygen atoms in total. The topological polar surface area (TPSA) is 83.8 Å². The zero-order valence-electron chi connectivity index (χ0n) is 15.3. The van der Waals surface area contributed by atoms with Crippen LogP contribution in [-0.4, -0.2) is 39.3 Å². The van der Waals surface area contributed by atoms with Gasteiger partial charge in [0.25, 0.3) is 0 Å². The van der Waals surface area contributed by atoms with Gasteiger partial charge in [-0.05, 0) is 51.9 Å². The maximum absolute atomic E-state index is 13.4. The van der Waals surface area contributed by atoms with Crippen LogP contribution in [0.1, 0.15) is 65.7 Å². The summed E-state index contributed by atoms with van der Waals surface area (Å²) < 4.78 is 6.15. The lowest BCUT2D eigenvalue weighted by Gasteiger charge is -2.65. The van der Waals surface area contributed by atoms with Gasteiger partial charge in [-0.3, -0.25) is 9.59 Å². The minimum absolute atomic E-state index is 0.0668. The van der Waals surface area contributed by atoms with E-state index < -0.39 is 39.5 Å². The fourth-order valence-electron chi connectivity index (χ4n) is 8.02. The van der Waals surface area contributed by atoms with Crippen LogP contribution in [0.25, 0.3) is 0 Å². The molecular weight excluding hydrogens is 320 g/mol. The minimum atomic E-state index is -0.972. The number of hydrogen-bond donors (Lipinski definition) is 2. The molecule has 138 valence electrons. The van der Waals surface area contributed by atoms with E-state index in [9.17, 15) is 19.8 Å². The van der Waals surface area contributed by atoms with E-state index in [0.29, 0.717) is 32.1 Å². The first-order chi connectivity index (χ1) is 11.6. The highest BCUT2D eigenvalue weighted by atomic mass is 16.6. The van der Waals surface area contributed by atoms with E-state index in [0.717, 1.165) is 12.8 Å². The molecule has 8 atom stereocenters. The second-order valence-corrected chi connectivity index (χ2v) is 10.1. The average molecular weight is 348 g/mol. The largest absolute Gasteiger partial charge is 0.458 e. The zero-order chi connectivity index (χ0) is 18.0. The highest BCUT2D eigenvalue weighted by Crippen LogP contribution is 2.77. The summed E-state index contributed by atoms with van der Waals surface area (Å²) in [5.41, 5.74) is -3.68. The molecule has 5 fully saturated rings. The van der Waals surface area contributed by atoms with Gasteiger partial charge in [-0.2, -0.15) is 0 Å². The van der Waals surface area contributed by atoms with Gasteiger partial charge < -0.3 is 14.9 Å². The molecule has 4 aliphatic carbocycles. The highest BCUT2D eigenvalue weighted by molar-refractivity contribution is 5.93. The number of carbonyl (C=O) groups excluding carboxylic acids is 2. The summed E-state index contributed by atoms with van der Waals surface area (Å²) in [7, 11) is 0. The van der Waals surface area contributed by atoms with E-state index in [1.807, 2.05) is 13.8 Å². The molecule has 2 N–H and O–H groups in total. The summed E-state index contributed by atoms with van der Waals surface area (Å²) >= 11 is 0. The van der Waals surface area contributed by atoms with Crippen LogP contribution in [0.4, 0.5) is 0 Å². The summed E-state index contributed by atoms with van der Waals surface area (Å²) in [5.74, 6) is -0.794. The van der Waals surface area contributed by atoms with Crippen molar-refractivity contribution in [2.45, 2.75) is 83.0 Å². The Hall–Kier alpha value is -0.940.